The summed E-state index contributed by atoms with van der Waals surface area (Å²) < 4.78 is 0. The summed E-state index contributed by atoms with van der Waals surface area (Å²) in [5, 5.41) is 0. The van der Waals surface area contributed by atoms with E-state index in [1.54, 1.807) is 0 Å². The number of hydrogen-bond acceptors (Lipinski definition) is 0. The summed E-state index contributed by atoms with van der Waals surface area (Å²) in [4.78, 5) is 0. The average molecular weight is 365 g/mol. The molecule has 1 aromatic carbocycles. The molecule has 2 atom stereocenters. The van der Waals surface area contributed by atoms with Crippen LogP contribution in [-0.4, -0.2) is 0 Å². The van der Waals surface area contributed by atoms with Crippen molar-refractivity contribution in [2.24, 2.45) is 17.8 Å². The lowest BCUT2D eigenvalue weighted by atomic mass is 9.66. The van der Waals surface area contributed by atoms with Gasteiger partial charge >= 0.3 is 0 Å². The highest BCUT2D eigenvalue weighted by atomic mass is 14.4. The van der Waals surface area contributed by atoms with Crippen LogP contribution in [0.1, 0.15) is 94.4 Å². The van der Waals surface area contributed by atoms with E-state index >= 15 is 0 Å². The third-order valence-corrected chi connectivity index (χ3v) is 7.24. The molecule has 0 spiro atoms. The zero-order valence-corrected chi connectivity index (χ0v) is 18.1. The van der Waals surface area contributed by atoms with Gasteiger partial charge in [0, 0.05) is 0 Å². The van der Waals surface area contributed by atoms with Gasteiger partial charge in [-0.25, -0.2) is 0 Å². The third-order valence-electron chi connectivity index (χ3n) is 7.24. The Labute approximate surface area is 168 Å². The standard InChI is InChI=1S/C27H40/c1-6-20(5)27-18-25(8-3)24(7-2)17-26(27)13-19(4)12-23-15-21-10-9-11-22(14-21)16-23/h17-18,21-23H,4-16H2,1-3H3. The molecule has 148 valence electrons. The molecule has 0 heterocycles. The van der Waals surface area contributed by atoms with Gasteiger partial charge in [0.05, 0.1) is 0 Å². The molecule has 2 fully saturated rings. The van der Waals surface area contributed by atoms with Crippen molar-refractivity contribution in [3.63, 3.8) is 0 Å². The largest absolute Gasteiger partial charge is 0.0995 e. The fourth-order valence-corrected chi connectivity index (χ4v) is 5.85. The van der Waals surface area contributed by atoms with Crippen LogP contribution in [-0.2, 0) is 19.3 Å². The first-order valence-corrected chi connectivity index (χ1v) is 11.5. The molecule has 2 aliphatic carbocycles. The van der Waals surface area contributed by atoms with Gasteiger partial charge in [-0.05, 0) is 96.9 Å². The van der Waals surface area contributed by atoms with Crippen molar-refractivity contribution in [2.45, 2.75) is 91.4 Å². The number of hydrogen-bond donors (Lipinski definition) is 0. The summed E-state index contributed by atoms with van der Waals surface area (Å²) >= 11 is 0. The third kappa shape index (κ3) is 4.95. The van der Waals surface area contributed by atoms with Gasteiger partial charge in [0.15, 0.2) is 0 Å². The molecule has 0 radical (unpaired) electrons. The van der Waals surface area contributed by atoms with Crippen LogP contribution in [0, 0.1) is 17.8 Å². The Balaban J connectivity index is 1.73. The van der Waals surface area contributed by atoms with Gasteiger partial charge in [0.25, 0.3) is 0 Å². The molecular weight excluding hydrogens is 324 g/mol. The van der Waals surface area contributed by atoms with E-state index in [4.69, 9.17) is 0 Å². The van der Waals surface area contributed by atoms with Crippen molar-refractivity contribution in [1.82, 2.24) is 0 Å². The van der Waals surface area contributed by atoms with Crippen LogP contribution in [0.15, 0.2) is 30.9 Å². The van der Waals surface area contributed by atoms with Crippen LogP contribution in [0.4, 0.5) is 0 Å². The van der Waals surface area contributed by atoms with Crippen LogP contribution >= 0.6 is 0 Å². The average Bonchev–Trinajstić information content (AvgIpc) is 2.66. The van der Waals surface area contributed by atoms with Gasteiger partial charge in [-0.1, -0.05) is 70.9 Å². The number of benzene rings is 1. The summed E-state index contributed by atoms with van der Waals surface area (Å²) in [6, 6.07) is 4.90. The van der Waals surface area contributed by atoms with E-state index in [1.165, 1.54) is 78.3 Å². The van der Waals surface area contributed by atoms with Crippen molar-refractivity contribution in [2.75, 3.05) is 0 Å². The molecular formula is C27H40. The van der Waals surface area contributed by atoms with Crippen LogP contribution in [0.3, 0.4) is 0 Å². The highest BCUT2D eigenvalue weighted by Gasteiger charge is 2.31. The van der Waals surface area contributed by atoms with Gasteiger partial charge in [-0.3, -0.25) is 0 Å². The highest BCUT2D eigenvalue weighted by molar-refractivity contribution is 5.68. The highest BCUT2D eigenvalue weighted by Crippen LogP contribution is 2.44. The fraction of sp³-hybridized carbons (Fsp3) is 0.630. The smallest absolute Gasteiger partial charge is 0.00636 e. The predicted molar refractivity (Wildman–Crippen MR) is 120 cm³/mol. The lowest BCUT2D eigenvalue weighted by molar-refractivity contribution is 0.137. The molecule has 0 aromatic heterocycles. The van der Waals surface area contributed by atoms with Gasteiger partial charge in [-0.2, -0.15) is 0 Å². The van der Waals surface area contributed by atoms with Crippen molar-refractivity contribution in [1.29, 1.82) is 0 Å². The number of aryl methyl sites for hydroxylation is 2. The van der Waals surface area contributed by atoms with Gasteiger partial charge in [-0.15, -0.1) is 0 Å². The number of rotatable bonds is 8. The molecule has 0 aliphatic heterocycles. The maximum absolute atomic E-state index is 4.53. The van der Waals surface area contributed by atoms with Gasteiger partial charge in [0.1, 0.15) is 0 Å². The van der Waals surface area contributed by atoms with E-state index in [-0.39, 0.29) is 0 Å². The second-order valence-corrected chi connectivity index (χ2v) is 9.31. The maximum atomic E-state index is 4.53. The normalized spacial score (nSPS) is 24.6. The predicted octanol–water partition coefficient (Wildman–Crippen LogP) is 7.94. The minimum absolute atomic E-state index is 0.889. The first kappa shape index (κ1) is 20.4. The summed E-state index contributed by atoms with van der Waals surface area (Å²) in [5.74, 6) is 2.92. The molecule has 2 aliphatic rings. The summed E-state index contributed by atoms with van der Waals surface area (Å²) in [5.41, 5.74) is 8.60. The van der Waals surface area contributed by atoms with Crippen LogP contribution < -0.4 is 0 Å². The quantitative estimate of drug-likeness (QED) is 0.411. The van der Waals surface area contributed by atoms with Crippen molar-refractivity contribution >= 4 is 5.57 Å². The summed E-state index contributed by atoms with van der Waals surface area (Å²) in [7, 11) is 0. The number of fused-ring (bicyclic) bond motifs is 2. The Morgan fingerprint density at radius 1 is 0.889 bits per heavy atom. The second kappa shape index (κ2) is 9.26. The summed E-state index contributed by atoms with van der Waals surface area (Å²) in [6.45, 7) is 15.7. The Hall–Kier alpha value is -1.30. The molecule has 3 rings (SSSR count). The lowest BCUT2D eigenvalue weighted by Crippen LogP contribution is -2.27. The van der Waals surface area contributed by atoms with Gasteiger partial charge < -0.3 is 0 Å². The van der Waals surface area contributed by atoms with E-state index in [2.05, 4.69) is 46.1 Å². The molecule has 0 N–H and O–H groups in total. The first-order valence-electron chi connectivity index (χ1n) is 11.5. The minimum atomic E-state index is 0.889. The second-order valence-electron chi connectivity index (χ2n) is 9.31. The van der Waals surface area contributed by atoms with Crippen molar-refractivity contribution < 1.29 is 0 Å². The Kier molecular flexibility index (Phi) is 7.01. The minimum Gasteiger partial charge on any atom is -0.0995 e. The van der Waals surface area contributed by atoms with Crippen molar-refractivity contribution in [3.8, 4) is 0 Å². The van der Waals surface area contributed by atoms with Crippen LogP contribution in [0.2, 0.25) is 0 Å². The molecule has 2 bridgehead atoms. The first-order chi connectivity index (χ1) is 13.0. The van der Waals surface area contributed by atoms with E-state index < -0.39 is 0 Å². The molecule has 0 amide bonds. The van der Waals surface area contributed by atoms with Crippen LogP contribution in [0.25, 0.3) is 5.57 Å². The molecule has 2 unspecified atom stereocenters. The van der Waals surface area contributed by atoms with E-state index in [9.17, 15) is 0 Å². The fourth-order valence-electron chi connectivity index (χ4n) is 5.85. The number of allylic oxidation sites excluding steroid dienone is 2. The Morgan fingerprint density at radius 2 is 1.52 bits per heavy atom. The zero-order valence-electron chi connectivity index (χ0n) is 18.1. The molecule has 27 heavy (non-hydrogen) atoms. The SMILES string of the molecule is C=C(Cc1cc(CC)c(CC)cc1C(=C)CC)CC1CC2CCCC(C2)C1. The molecule has 0 saturated heterocycles. The zero-order chi connectivity index (χ0) is 19.4. The Bertz CT molecular complexity index is 666. The van der Waals surface area contributed by atoms with E-state index in [0.717, 1.165) is 43.4 Å². The maximum Gasteiger partial charge on any atom is -0.00636 e. The van der Waals surface area contributed by atoms with E-state index in [1.807, 2.05) is 0 Å². The van der Waals surface area contributed by atoms with Gasteiger partial charge in [0.2, 0.25) is 0 Å². The Morgan fingerprint density at radius 3 is 2.11 bits per heavy atom. The monoisotopic (exact) mass is 364 g/mol. The molecule has 1 aromatic rings. The van der Waals surface area contributed by atoms with Crippen LogP contribution in [0.5, 0.6) is 0 Å². The van der Waals surface area contributed by atoms with Crippen molar-refractivity contribution in [3.05, 3.63) is 53.1 Å². The molecule has 0 heteroatoms. The molecule has 2 saturated carbocycles. The lowest BCUT2D eigenvalue weighted by Gasteiger charge is -2.39. The summed E-state index contributed by atoms with van der Waals surface area (Å²) in [6.07, 6.45) is 14.4. The van der Waals surface area contributed by atoms with E-state index in [0.29, 0.717) is 0 Å². The topological polar surface area (TPSA) is 0 Å². The molecule has 0 nitrogen and oxygen atoms in total.